The van der Waals surface area contributed by atoms with E-state index in [0.29, 0.717) is 13.1 Å². The number of aromatic nitrogens is 3. The molecule has 1 aliphatic heterocycles. The molecule has 170 valence electrons. The Morgan fingerprint density at radius 1 is 1.15 bits per heavy atom. The van der Waals surface area contributed by atoms with Crippen LogP contribution in [0.25, 0.3) is 21.8 Å². The molecule has 0 aliphatic carbocycles. The summed E-state index contributed by atoms with van der Waals surface area (Å²) in [6.45, 7) is 4.95. The highest BCUT2D eigenvalue weighted by atomic mass is 19.1. The smallest absolute Gasteiger partial charge is 0.224 e. The maximum atomic E-state index is 13.9. The van der Waals surface area contributed by atoms with Crippen LogP contribution in [-0.4, -0.2) is 40.3 Å². The number of aryl methyl sites for hydroxylation is 2. The first-order valence-corrected chi connectivity index (χ1v) is 11.6. The second-order valence-corrected chi connectivity index (χ2v) is 8.75. The lowest BCUT2D eigenvalue weighted by atomic mass is 9.96. The highest BCUT2D eigenvalue weighted by Gasteiger charge is 2.26. The minimum Gasteiger partial charge on any atom is -0.370 e. The summed E-state index contributed by atoms with van der Waals surface area (Å²) in [5, 5.41) is 9.74. The van der Waals surface area contributed by atoms with Crippen molar-refractivity contribution in [2.24, 2.45) is 5.92 Å². The SMILES string of the molecule is Cc1c2ccccc2nn1CCCNC(=O)C1CCCN(c2ccnc3ccc(F)cc23)C1. The van der Waals surface area contributed by atoms with Crippen LogP contribution in [0.4, 0.5) is 10.1 Å². The van der Waals surface area contributed by atoms with Gasteiger partial charge in [0, 0.05) is 54.5 Å². The van der Waals surface area contributed by atoms with E-state index in [-0.39, 0.29) is 17.6 Å². The zero-order chi connectivity index (χ0) is 22.8. The molecule has 1 N–H and O–H groups in total. The standard InChI is InChI=1S/C26H28FN5O/c1-18-21-7-2-3-8-24(21)30-32(18)15-5-12-29-26(33)19-6-4-14-31(17-19)25-11-13-28-23-10-9-20(27)16-22(23)25/h2-3,7-11,13,16,19H,4-6,12,14-15,17H2,1H3,(H,29,33). The molecule has 2 aromatic heterocycles. The zero-order valence-corrected chi connectivity index (χ0v) is 18.8. The van der Waals surface area contributed by atoms with Crippen molar-refractivity contribution in [3.05, 3.63) is 66.2 Å². The largest absolute Gasteiger partial charge is 0.370 e. The number of nitrogens with one attached hydrogen (secondary N) is 1. The molecule has 6 nitrogen and oxygen atoms in total. The van der Waals surface area contributed by atoms with Gasteiger partial charge in [-0.25, -0.2) is 4.39 Å². The van der Waals surface area contributed by atoms with Crippen molar-refractivity contribution in [1.29, 1.82) is 0 Å². The normalized spacial score (nSPS) is 16.4. The number of hydrogen-bond acceptors (Lipinski definition) is 4. The molecule has 7 heteroatoms. The Balaban J connectivity index is 1.18. The van der Waals surface area contributed by atoms with Gasteiger partial charge in [0.1, 0.15) is 5.82 Å². The number of anilines is 1. The van der Waals surface area contributed by atoms with E-state index in [1.807, 2.05) is 28.9 Å². The van der Waals surface area contributed by atoms with Crippen LogP contribution in [0.15, 0.2) is 54.7 Å². The topological polar surface area (TPSA) is 63.1 Å². The molecular formula is C26H28FN5O. The summed E-state index contributed by atoms with van der Waals surface area (Å²) in [5.41, 5.74) is 3.87. The Morgan fingerprint density at radius 3 is 2.91 bits per heavy atom. The van der Waals surface area contributed by atoms with Gasteiger partial charge in [-0.15, -0.1) is 0 Å². The van der Waals surface area contributed by atoms with Gasteiger partial charge in [-0.3, -0.25) is 14.5 Å². The van der Waals surface area contributed by atoms with Crippen LogP contribution in [-0.2, 0) is 11.3 Å². The van der Waals surface area contributed by atoms with Crippen LogP contribution in [0.5, 0.6) is 0 Å². The van der Waals surface area contributed by atoms with Gasteiger partial charge >= 0.3 is 0 Å². The predicted octanol–water partition coefficient (Wildman–Crippen LogP) is 4.45. The number of rotatable bonds is 6. The molecule has 3 heterocycles. The number of piperidine rings is 1. The van der Waals surface area contributed by atoms with E-state index >= 15 is 0 Å². The van der Waals surface area contributed by atoms with E-state index in [4.69, 9.17) is 0 Å². The van der Waals surface area contributed by atoms with E-state index in [2.05, 4.69) is 33.3 Å². The van der Waals surface area contributed by atoms with Gasteiger partial charge in [0.05, 0.1) is 17.0 Å². The Hall–Kier alpha value is -3.48. The molecule has 5 rings (SSSR count). The van der Waals surface area contributed by atoms with Crippen LogP contribution in [0, 0.1) is 18.7 Å². The van der Waals surface area contributed by atoms with Crippen molar-refractivity contribution in [1.82, 2.24) is 20.1 Å². The second kappa shape index (κ2) is 9.17. The monoisotopic (exact) mass is 445 g/mol. The maximum absolute atomic E-state index is 13.9. The molecule has 1 fully saturated rings. The molecule has 1 unspecified atom stereocenters. The fraction of sp³-hybridized carbons (Fsp3) is 0.346. The van der Waals surface area contributed by atoms with Crippen LogP contribution in [0.3, 0.4) is 0 Å². The Bertz CT molecular complexity index is 1300. The molecule has 0 saturated carbocycles. The molecule has 0 bridgehead atoms. The molecule has 1 atom stereocenters. The number of carbonyl (C=O) groups excluding carboxylic acids is 1. The molecule has 4 aromatic rings. The molecule has 1 amide bonds. The van der Waals surface area contributed by atoms with Crippen molar-refractivity contribution in [2.75, 3.05) is 24.5 Å². The molecular weight excluding hydrogens is 417 g/mol. The fourth-order valence-electron chi connectivity index (χ4n) is 4.80. The Morgan fingerprint density at radius 2 is 2.03 bits per heavy atom. The lowest BCUT2D eigenvalue weighted by molar-refractivity contribution is -0.125. The lowest BCUT2D eigenvalue weighted by Crippen LogP contribution is -2.43. The van der Waals surface area contributed by atoms with E-state index in [9.17, 15) is 9.18 Å². The van der Waals surface area contributed by atoms with Crippen LogP contribution in [0.1, 0.15) is 25.0 Å². The first kappa shape index (κ1) is 21.4. The quantitative estimate of drug-likeness (QED) is 0.445. The number of halogens is 1. The number of amides is 1. The number of carbonyl (C=O) groups is 1. The van der Waals surface area contributed by atoms with Crippen molar-refractivity contribution in [3.8, 4) is 0 Å². The molecule has 2 aromatic carbocycles. The van der Waals surface area contributed by atoms with Crippen molar-refractivity contribution in [2.45, 2.75) is 32.7 Å². The third-order valence-corrected chi connectivity index (χ3v) is 6.57. The van der Waals surface area contributed by atoms with Gasteiger partial charge < -0.3 is 10.2 Å². The molecule has 1 aliphatic rings. The van der Waals surface area contributed by atoms with Crippen LogP contribution >= 0.6 is 0 Å². The van der Waals surface area contributed by atoms with Crippen LogP contribution < -0.4 is 10.2 Å². The van der Waals surface area contributed by atoms with E-state index in [1.165, 1.54) is 17.5 Å². The summed E-state index contributed by atoms with van der Waals surface area (Å²) in [5.74, 6) is -0.264. The van der Waals surface area contributed by atoms with Gasteiger partial charge in [0.25, 0.3) is 0 Å². The highest BCUT2D eigenvalue weighted by Crippen LogP contribution is 2.30. The van der Waals surface area contributed by atoms with Crippen molar-refractivity contribution < 1.29 is 9.18 Å². The van der Waals surface area contributed by atoms with Gasteiger partial charge in [-0.05, 0) is 56.5 Å². The minimum atomic E-state index is -0.275. The Labute approximate surface area is 192 Å². The van der Waals surface area contributed by atoms with E-state index in [1.54, 1.807) is 12.3 Å². The average molecular weight is 446 g/mol. The van der Waals surface area contributed by atoms with Gasteiger partial charge in [0.2, 0.25) is 5.91 Å². The van der Waals surface area contributed by atoms with Crippen LogP contribution in [0.2, 0.25) is 0 Å². The summed E-state index contributed by atoms with van der Waals surface area (Å²) in [7, 11) is 0. The summed E-state index contributed by atoms with van der Waals surface area (Å²) in [6, 6.07) is 14.7. The van der Waals surface area contributed by atoms with Crippen molar-refractivity contribution >= 4 is 33.4 Å². The van der Waals surface area contributed by atoms with E-state index < -0.39 is 0 Å². The average Bonchev–Trinajstić information content (AvgIpc) is 3.17. The van der Waals surface area contributed by atoms with Gasteiger partial charge in [-0.1, -0.05) is 18.2 Å². The second-order valence-electron chi connectivity index (χ2n) is 8.75. The maximum Gasteiger partial charge on any atom is 0.224 e. The number of benzene rings is 2. The summed E-state index contributed by atoms with van der Waals surface area (Å²) >= 11 is 0. The summed E-state index contributed by atoms with van der Waals surface area (Å²) in [4.78, 5) is 19.4. The van der Waals surface area contributed by atoms with E-state index in [0.717, 1.165) is 60.2 Å². The molecule has 0 radical (unpaired) electrons. The lowest BCUT2D eigenvalue weighted by Gasteiger charge is -2.34. The first-order chi connectivity index (χ1) is 16.1. The molecule has 0 spiro atoms. The van der Waals surface area contributed by atoms with Crippen molar-refractivity contribution in [3.63, 3.8) is 0 Å². The molecule has 33 heavy (non-hydrogen) atoms. The number of hydrogen-bond donors (Lipinski definition) is 1. The molecule has 1 saturated heterocycles. The first-order valence-electron chi connectivity index (χ1n) is 11.6. The number of nitrogens with zero attached hydrogens (tertiary/aromatic N) is 4. The fourth-order valence-corrected chi connectivity index (χ4v) is 4.80. The third-order valence-electron chi connectivity index (χ3n) is 6.57. The number of fused-ring (bicyclic) bond motifs is 2. The van der Waals surface area contributed by atoms with Gasteiger partial charge in [-0.2, -0.15) is 5.10 Å². The number of pyridine rings is 1. The zero-order valence-electron chi connectivity index (χ0n) is 18.8. The highest BCUT2D eigenvalue weighted by molar-refractivity contribution is 5.92. The summed E-state index contributed by atoms with van der Waals surface area (Å²) < 4.78 is 15.9. The minimum absolute atomic E-state index is 0.0791. The predicted molar refractivity (Wildman–Crippen MR) is 129 cm³/mol. The summed E-state index contributed by atoms with van der Waals surface area (Å²) in [6.07, 6.45) is 4.37. The Kier molecular flexibility index (Phi) is 5.94. The third kappa shape index (κ3) is 4.40. The van der Waals surface area contributed by atoms with Gasteiger partial charge in [0.15, 0.2) is 0 Å².